The summed E-state index contributed by atoms with van der Waals surface area (Å²) in [6.45, 7) is 2.21. The first kappa shape index (κ1) is 28.5. The second-order valence-corrected chi connectivity index (χ2v) is 11.6. The normalized spacial score (nSPS) is 15.0. The van der Waals surface area contributed by atoms with E-state index in [1.165, 1.54) is 17.8 Å². The summed E-state index contributed by atoms with van der Waals surface area (Å²) >= 11 is 0. The number of hydrogen-bond acceptors (Lipinski definition) is 5. The molecule has 1 N–H and O–H groups in total. The number of carbonyl (C=O) groups excluding carboxylic acids is 2. The highest BCUT2D eigenvalue weighted by atomic mass is 32.2. The van der Waals surface area contributed by atoms with Crippen LogP contribution in [0.15, 0.2) is 54.6 Å². The molecule has 2 amide bonds. The lowest BCUT2D eigenvalue weighted by atomic mass is 9.95. The van der Waals surface area contributed by atoms with Crippen LogP contribution in [0.3, 0.4) is 0 Å². The molecule has 9 heteroatoms. The highest BCUT2D eigenvalue weighted by Gasteiger charge is 2.28. The summed E-state index contributed by atoms with van der Waals surface area (Å²) in [6, 6.07) is 15.9. The topological polar surface area (TPSA) is 96.0 Å². The third kappa shape index (κ3) is 8.49. The van der Waals surface area contributed by atoms with Gasteiger partial charge in [0.25, 0.3) is 0 Å². The molecule has 0 heterocycles. The van der Waals surface area contributed by atoms with Gasteiger partial charge in [0.05, 0.1) is 19.1 Å². The summed E-state index contributed by atoms with van der Waals surface area (Å²) in [5.41, 5.74) is 1.41. The van der Waals surface area contributed by atoms with Gasteiger partial charge >= 0.3 is 0 Å². The van der Waals surface area contributed by atoms with Gasteiger partial charge in [-0.25, -0.2) is 8.42 Å². The van der Waals surface area contributed by atoms with Crippen molar-refractivity contribution in [1.82, 2.24) is 10.2 Å². The largest absolute Gasteiger partial charge is 0.497 e. The van der Waals surface area contributed by atoms with E-state index in [1.807, 2.05) is 30.3 Å². The Balaban J connectivity index is 1.70. The third-order valence-electron chi connectivity index (χ3n) is 6.81. The van der Waals surface area contributed by atoms with Crippen molar-refractivity contribution in [1.29, 1.82) is 0 Å². The fourth-order valence-corrected chi connectivity index (χ4v) is 5.66. The van der Waals surface area contributed by atoms with Crippen molar-refractivity contribution >= 4 is 27.5 Å². The minimum Gasteiger partial charge on any atom is -0.497 e. The molecule has 1 atom stereocenters. The van der Waals surface area contributed by atoms with Crippen molar-refractivity contribution in [2.75, 3.05) is 24.2 Å². The van der Waals surface area contributed by atoms with Crippen molar-refractivity contribution in [2.24, 2.45) is 0 Å². The lowest BCUT2D eigenvalue weighted by Gasteiger charge is -2.31. The lowest BCUT2D eigenvalue weighted by molar-refractivity contribution is -0.141. The van der Waals surface area contributed by atoms with Gasteiger partial charge in [0.2, 0.25) is 21.8 Å². The number of carbonyl (C=O) groups is 2. The van der Waals surface area contributed by atoms with Gasteiger partial charge in [-0.3, -0.25) is 13.9 Å². The predicted molar refractivity (Wildman–Crippen MR) is 146 cm³/mol. The Morgan fingerprint density at radius 2 is 1.76 bits per heavy atom. The van der Waals surface area contributed by atoms with Crippen LogP contribution in [0.2, 0.25) is 0 Å². The van der Waals surface area contributed by atoms with Crippen molar-refractivity contribution in [3.8, 4) is 5.75 Å². The molecule has 202 valence electrons. The zero-order valence-corrected chi connectivity index (χ0v) is 22.9. The van der Waals surface area contributed by atoms with Crippen LogP contribution in [0.4, 0.5) is 5.69 Å². The Morgan fingerprint density at radius 3 is 2.41 bits per heavy atom. The van der Waals surface area contributed by atoms with E-state index in [2.05, 4.69) is 5.32 Å². The van der Waals surface area contributed by atoms with Crippen molar-refractivity contribution < 1.29 is 22.7 Å². The van der Waals surface area contributed by atoms with Crippen LogP contribution in [0.5, 0.6) is 5.75 Å². The van der Waals surface area contributed by atoms with Gasteiger partial charge in [0.15, 0.2) is 0 Å². The number of methoxy groups -OCH3 is 1. The summed E-state index contributed by atoms with van der Waals surface area (Å²) in [5, 5.41) is 3.13. The van der Waals surface area contributed by atoms with Gasteiger partial charge in [-0.1, -0.05) is 55.7 Å². The first-order chi connectivity index (χ1) is 17.7. The molecular formula is C28H39N3O5S. The minimum absolute atomic E-state index is 0.115. The van der Waals surface area contributed by atoms with Crippen LogP contribution in [-0.2, 0) is 26.2 Å². The number of sulfonamides is 1. The molecular weight excluding hydrogens is 490 g/mol. The summed E-state index contributed by atoms with van der Waals surface area (Å²) in [5.74, 6) is 0.216. The maximum absolute atomic E-state index is 13.4. The van der Waals surface area contributed by atoms with Gasteiger partial charge in [0.1, 0.15) is 11.8 Å². The number of nitrogens with one attached hydrogen (secondary N) is 1. The number of nitrogens with zero attached hydrogens (tertiary/aromatic N) is 2. The number of benzene rings is 2. The maximum atomic E-state index is 13.4. The number of amides is 2. The Kier molecular flexibility index (Phi) is 10.4. The first-order valence-electron chi connectivity index (χ1n) is 12.9. The average molecular weight is 530 g/mol. The van der Waals surface area contributed by atoms with Crippen LogP contribution >= 0.6 is 0 Å². The Labute approximate surface area is 221 Å². The van der Waals surface area contributed by atoms with Gasteiger partial charge in [-0.2, -0.15) is 0 Å². The van der Waals surface area contributed by atoms with E-state index >= 15 is 0 Å². The molecule has 37 heavy (non-hydrogen) atoms. The van der Waals surface area contributed by atoms with Gasteiger partial charge in [-0.05, 0) is 43.9 Å². The van der Waals surface area contributed by atoms with Gasteiger partial charge in [0, 0.05) is 31.6 Å². The summed E-state index contributed by atoms with van der Waals surface area (Å²) in [6.07, 6.45) is 6.92. The zero-order chi connectivity index (χ0) is 26.8. The summed E-state index contributed by atoms with van der Waals surface area (Å²) in [4.78, 5) is 28.1. The molecule has 3 rings (SSSR count). The molecule has 1 aliphatic rings. The van der Waals surface area contributed by atoms with Crippen molar-refractivity contribution in [2.45, 2.75) is 70.5 Å². The number of ether oxygens (including phenoxy) is 1. The van der Waals surface area contributed by atoms with Crippen molar-refractivity contribution in [3.63, 3.8) is 0 Å². The maximum Gasteiger partial charge on any atom is 0.242 e. The van der Waals surface area contributed by atoms with Crippen LogP contribution in [-0.4, -0.2) is 57.1 Å². The highest BCUT2D eigenvalue weighted by Crippen LogP contribution is 2.24. The molecule has 0 radical (unpaired) electrons. The van der Waals surface area contributed by atoms with Gasteiger partial charge < -0.3 is 15.0 Å². The van der Waals surface area contributed by atoms with Crippen LogP contribution < -0.4 is 14.4 Å². The average Bonchev–Trinajstić information content (AvgIpc) is 2.89. The molecule has 0 aromatic heterocycles. The molecule has 1 fully saturated rings. The van der Waals surface area contributed by atoms with E-state index in [0.29, 0.717) is 24.4 Å². The van der Waals surface area contributed by atoms with E-state index in [1.54, 1.807) is 36.1 Å². The quantitative estimate of drug-likeness (QED) is 0.447. The number of anilines is 1. The molecule has 1 aliphatic carbocycles. The Hall–Kier alpha value is -3.07. The fourth-order valence-electron chi connectivity index (χ4n) is 4.70. The van der Waals surface area contributed by atoms with E-state index in [9.17, 15) is 18.0 Å². The van der Waals surface area contributed by atoms with Crippen LogP contribution in [0, 0.1) is 0 Å². The predicted octanol–water partition coefficient (Wildman–Crippen LogP) is 4.11. The molecule has 2 aromatic carbocycles. The van der Waals surface area contributed by atoms with Crippen LogP contribution in [0.25, 0.3) is 0 Å². The molecule has 1 saturated carbocycles. The smallest absolute Gasteiger partial charge is 0.242 e. The van der Waals surface area contributed by atoms with E-state index < -0.39 is 16.1 Å². The zero-order valence-electron chi connectivity index (χ0n) is 22.1. The molecule has 2 aromatic rings. The van der Waals surface area contributed by atoms with E-state index in [-0.39, 0.29) is 30.8 Å². The van der Waals surface area contributed by atoms with E-state index in [4.69, 9.17) is 4.74 Å². The Bertz CT molecular complexity index is 1130. The SMILES string of the molecule is COc1cccc(N(CCCC(=O)N(Cc2ccccc2)[C@@H](C)C(=O)NC2CCCCC2)S(C)(=O)=O)c1. The first-order valence-corrected chi connectivity index (χ1v) is 14.8. The summed E-state index contributed by atoms with van der Waals surface area (Å²) < 4.78 is 31.5. The summed E-state index contributed by atoms with van der Waals surface area (Å²) in [7, 11) is -2.04. The number of rotatable bonds is 12. The molecule has 8 nitrogen and oxygen atoms in total. The standard InChI is InChI=1S/C28H39N3O5S/c1-22(28(33)29-24-14-8-5-9-15-24)30(21-23-12-6-4-7-13-23)27(32)18-11-19-31(37(3,34)35)25-16-10-17-26(20-25)36-2/h4,6-7,10,12-13,16-17,20,22,24H,5,8-9,11,14-15,18-19,21H2,1-3H3,(H,29,33)/t22-/m0/s1. The Morgan fingerprint density at radius 1 is 1.05 bits per heavy atom. The molecule has 0 unspecified atom stereocenters. The molecule has 0 aliphatic heterocycles. The monoisotopic (exact) mass is 529 g/mol. The van der Waals surface area contributed by atoms with E-state index in [0.717, 1.165) is 37.5 Å². The second kappa shape index (κ2) is 13.5. The minimum atomic E-state index is -3.57. The highest BCUT2D eigenvalue weighted by molar-refractivity contribution is 7.92. The van der Waals surface area contributed by atoms with Crippen LogP contribution in [0.1, 0.15) is 57.4 Å². The molecule has 0 saturated heterocycles. The third-order valence-corrected chi connectivity index (χ3v) is 8.00. The lowest BCUT2D eigenvalue weighted by Crippen LogP contribution is -2.50. The van der Waals surface area contributed by atoms with Gasteiger partial charge in [-0.15, -0.1) is 0 Å². The second-order valence-electron chi connectivity index (χ2n) is 9.67. The molecule has 0 bridgehead atoms. The van der Waals surface area contributed by atoms with Crippen molar-refractivity contribution in [3.05, 3.63) is 60.2 Å². The molecule has 0 spiro atoms. The fraction of sp³-hybridized carbons (Fsp3) is 0.500. The number of hydrogen-bond donors (Lipinski definition) is 1.